The normalized spacial score (nSPS) is 17.7. The molecule has 0 radical (unpaired) electrons. The van der Waals surface area contributed by atoms with Crippen LogP contribution < -0.4 is 10.2 Å². The first kappa shape index (κ1) is 22.2. The molecule has 2 aliphatic heterocycles. The average molecular weight is 477 g/mol. The quantitative estimate of drug-likeness (QED) is 0.566. The van der Waals surface area contributed by atoms with Crippen LogP contribution in [0.15, 0.2) is 59.6 Å². The Morgan fingerprint density at radius 3 is 2.65 bits per heavy atom. The summed E-state index contributed by atoms with van der Waals surface area (Å²) in [5, 5.41) is 3.41. The molecular formula is C25H24N4O4S. The number of carbonyl (C=O) groups excluding carboxylic acids is 3. The zero-order chi connectivity index (χ0) is 23.7. The monoisotopic (exact) mass is 476 g/mol. The van der Waals surface area contributed by atoms with Gasteiger partial charge in [0.05, 0.1) is 29.5 Å². The number of nitrogens with one attached hydrogen (secondary N) is 1. The van der Waals surface area contributed by atoms with Crippen molar-refractivity contribution in [1.29, 1.82) is 0 Å². The van der Waals surface area contributed by atoms with Gasteiger partial charge in [-0.25, -0.2) is 0 Å². The number of nitrogens with zero attached hydrogens (tertiary/aromatic N) is 3. The number of ether oxygens (including phenoxy) is 1. The number of rotatable bonds is 5. The molecule has 3 amide bonds. The van der Waals surface area contributed by atoms with Crippen LogP contribution in [0.4, 0.5) is 16.2 Å². The molecule has 0 saturated carbocycles. The lowest BCUT2D eigenvalue weighted by Crippen LogP contribution is -2.38. The van der Waals surface area contributed by atoms with Crippen molar-refractivity contribution >= 4 is 57.2 Å². The van der Waals surface area contributed by atoms with Crippen LogP contribution in [0.3, 0.4) is 0 Å². The minimum atomic E-state index is -0.459. The molecule has 2 saturated heterocycles. The minimum absolute atomic E-state index is 0.308. The maximum atomic E-state index is 13.0. The van der Waals surface area contributed by atoms with Gasteiger partial charge >= 0.3 is 0 Å². The van der Waals surface area contributed by atoms with Crippen molar-refractivity contribution in [2.75, 3.05) is 43.1 Å². The molecule has 3 heterocycles. The van der Waals surface area contributed by atoms with E-state index in [-0.39, 0.29) is 6.54 Å². The molecule has 0 bridgehead atoms. The van der Waals surface area contributed by atoms with Gasteiger partial charge in [0.1, 0.15) is 6.54 Å². The topological polar surface area (TPSA) is 83.9 Å². The van der Waals surface area contributed by atoms with Crippen molar-refractivity contribution in [3.63, 3.8) is 0 Å². The number of anilines is 2. The standard InChI is InChI=1S/C25H24N4O4S/c1-27-15-17(18-6-2-4-8-20(18)27)14-22-24(31)29(25(32)34-22)16-23(30)26-19-7-3-5-9-21(19)28-10-12-33-13-11-28/h2-9,14-15H,10-13,16H2,1H3,(H,26,30)/b22-14+. The Morgan fingerprint density at radius 1 is 1.09 bits per heavy atom. The van der Waals surface area contributed by atoms with Crippen molar-refractivity contribution in [2.24, 2.45) is 7.05 Å². The van der Waals surface area contributed by atoms with E-state index >= 15 is 0 Å². The molecule has 8 nitrogen and oxygen atoms in total. The Labute approximate surface area is 201 Å². The Hall–Kier alpha value is -3.56. The van der Waals surface area contributed by atoms with E-state index < -0.39 is 17.1 Å². The number of para-hydroxylation sites is 3. The number of imide groups is 1. The molecule has 174 valence electrons. The Balaban J connectivity index is 1.31. The van der Waals surface area contributed by atoms with Crippen molar-refractivity contribution in [3.8, 4) is 0 Å². The number of hydrogen-bond acceptors (Lipinski definition) is 6. The molecule has 0 unspecified atom stereocenters. The molecule has 34 heavy (non-hydrogen) atoms. The number of benzene rings is 2. The number of morpholine rings is 1. The zero-order valence-electron chi connectivity index (χ0n) is 18.7. The fraction of sp³-hybridized carbons (Fsp3) is 0.240. The third kappa shape index (κ3) is 4.32. The van der Waals surface area contributed by atoms with Crippen LogP contribution in [0.25, 0.3) is 17.0 Å². The SMILES string of the molecule is Cn1cc(/C=C2/SC(=O)N(CC(=O)Nc3ccccc3N3CCOCC3)C2=O)c2ccccc21. The molecule has 2 aliphatic rings. The predicted octanol–water partition coefficient (Wildman–Crippen LogP) is 3.69. The third-order valence-corrected chi connectivity index (χ3v) is 6.83. The highest BCUT2D eigenvalue weighted by molar-refractivity contribution is 8.18. The first-order valence-electron chi connectivity index (χ1n) is 11.0. The van der Waals surface area contributed by atoms with Crippen LogP contribution in [-0.4, -0.2) is 59.4 Å². The maximum Gasteiger partial charge on any atom is 0.294 e. The third-order valence-electron chi connectivity index (χ3n) is 5.92. The van der Waals surface area contributed by atoms with Crippen LogP contribution in [0.5, 0.6) is 0 Å². The summed E-state index contributed by atoms with van der Waals surface area (Å²) in [6, 6.07) is 15.4. The van der Waals surface area contributed by atoms with Gasteiger partial charge in [-0.15, -0.1) is 0 Å². The zero-order valence-corrected chi connectivity index (χ0v) is 19.5. The van der Waals surface area contributed by atoms with E-state index in [1.807, 2.05) is 66.3 Å². The van der Waals surface area contributed by atoms with E-state index in [0.717, 1.165) is 51.9 Å². The fourth-order valence-electron chi connectivity index (χ4n) is 4.26. The highest BCUT2D eigenvalue weighted by Crippen LogP contribution is 2.34. The molecule has 1 N–H and O–H groups in total. The minimum Gasteiger partial charge on any atom is -0.378 e. The molecule has 3 aromatic rings. The highest BCUT2D eigenvalue weighted by Gasteiger charge is 2.36. The summed E-state index contributed by atoms with van der Waals surface area (Å²) in [5.74, 6) is -0.881. The van der Waals surface area contributed by atoms with Gasteiger partial charge in [0.25, 0.3) is 11.1 Å². The summed E-state index contributed by atoms with van der Waals surface area (Å²) in [7, 11) is 1.94. The number of carbonyl (C=O) groups is 3. The summed E-state index contributed by atoms with van der Waals surface area (Å²) in [6.07, 6.45) is 3.65. The molecule has 2 aromatic carbocycles. The van der Waals surface area contributed by atoms with Gasteiger partial charge in [-0.2, -0.15) is 0 Å². The first-order valence-corrected chi connectivity index (χ1v) is 11.8. The summed E-state index contributed by atoms with van der Waals surface area (Å²) < 4.78 is 7.39. The number of fused-ring (bicyclic) bond motifs is 1. The molecule has 9 heteroatoms. The average Bonchev–Trinajstić information content (AvgIpc) is 3.31. The lowest BCUT2D eigenvalue weighted by Gasteiger charge is -2.30. The molecular weight excluding hydrogens is 452 g/mol. The second-order valence-electron chi connectivity index (χ2n) is 8.15. The van der Waals surface area contributed by atoms with Gasteiger partial charge in [-0.05, 0) is 36.0 Å². The second kappa shape index (κ2) is 9.36. The molecule has 2 fully saturated rings. The number of aryl methyl sites for hydroxylation is 1. The largest absolute Gasteiger partial charge is 0.378 e. The molecule has 1 aromatic heterocycles. The number of thioether (sulfide) groups is 1. The molecule has 5 rings (SSSR count). The molecule has 0 aliphatic carbocycles. The predicted molar refractivity (Wildman–Crippen MR) is 134 cm³/mol. The molecule has 0 atom stereocenters. The van der Waals surface area contributed by atoms with Gasteiger partial charge in [0, 0.05) is 42.8 Å². The lowest BCUT2D eigenvalue weighted by atomic mass is 10.1. The van der Waals surface area contributed by atoms with Crippen LogP contribution in [0.2, 0.25) is 0 Å². The Kier molecular flexibility index (Phi) is 6.12. The van der Waals surface area contributed by atoms with E-state index in [9.17, 15) is 14.4 Å². The second-order valence-corrected chi connectivity index (χ2v) is 9.14. The van der Waals surface area contributed by atoms with Crippen LogP contribution in [0, 0.1) is 0 Å². The van der Waals surface area contributed by atoms with Crippen LogP contribution in [0.1, 0.15) is 5.56 Å². The van der Waals surface area contributed by atoms with Gasteiger partial charge in [-0.3, -0.25) is 19.3 Å². The van der Waals surface area contributed by atoms with E-state index in [2.05, 4.69) is 10.2 Å². The van der Waals surface area contributed by atoms with Gasteiger partial charge in [0.2, 0.25) is 5.91 Å². The smallest absolute Gasteiger partial charge is 0.294 e. The van der Waals surface area contributed by atoms with E-state index in [1.165, 1.54) is 0 Å². The van der Waals surface area contributed by atoms with Crippen molar-refractivity contribution < 1.29 is 19.1 Å². The van der Waals surface area contributed by atoms with Crippen molar-refractivity contribution in [2.45, 2.75) is 0 Å². The summed E-state index contributed by atoms with van der Waals surface area (Å²) >= 11 is 0.856. The van der Waals surface area contributed by atoms with Crippen LogP contribution >= 0.6 is 11.8 Å². The number of aromatic nitrogens is 1. The van der Waals surface area contributed by atoms with Gasteiger partial charge in [0.15, 0.2) is 0 Å². The van der Waals surface area contributed by atoms with Crippen LogP contribution in [-0.2, 0) is 21.4 Å². The highest BCUT2D eigenvalue weighted by atomic mass is 32.2. The maximum absolute atomic E-state index is 13.0. The van der Waals surface area contributed by atoms with Crippen molar-refractivity contribution in [3.05, 3.63) is 65.2 Å². The van der Waals surface area contributed by atoms with Gasteiger partial charge < -0.3 is 19.5 Å². The van der Waals surface area contributed by atoms with E-state index in [1.54, 1.807) is 6.08 Å². The number of hydrogen-bond donors (Lipinski definition) is 1. The summed E-state index contributed by atoms with van der Waals surface area (Å²) in [5.41, 5.74) is 3.43. The van der Waals surface area contributed by atoms with Gasteiger partial charge in [-0.1, -0.05) is 30.3 Å². The number of amides is 3. The fourth-order valence-corrected chi connectivity index (χ4v) is 5.09. The summed E-state index contributed by atoms with van der Waals surface area (Å²) in [4.78, 5) is 41.8. The van der Waals surface area contributed by atoms with Crippen molar-refractivity contribution in [1.82, 2.24) is 9.47 Å². The summed E-state index contributed by atoms with van der Waals surface area (Å²) in [6.45, 7) is 2.38. The lowest BCUT2D eigenvalue weighted by molar-refractivity contribution is -0.127. The Morgan fingerprint density at radius 2 is 1.82 bits per heavy atom. The Bertz CT molecular complexity index is 1310. The van der Waals surface area contributed by atoms with E-state index in [4.69, 9.17) is 4.74 Å². The van der Waals surface area contributed by atoms with E-state index in [0.29, 0.717) is 23.8 Å². The molecule has 0 spiro atoms. The first-order chi connectivity index (χ1) is 16.5.